The Morgan fingerprint density at radius 3 is 2.43 bits per heavy atom. The highest BCUT2D eigenvalue weighted by Crippen LogP contribution is 2.33. The van der Waals surface area contributed by atoms with E-state index in [1.165, 1.54) is 0 Å². The number of rotatable bonds is 9. The molecule has 0 heterocycles. The number of methoxy groups -OCH3 is 1. The molecule has 6 nitrogen and oxygen atoms in total. The molecule has 0 aliphatic heterocycles. The lowest BCUT2D eigenvalue weighted by molar-refractivity contribution is -0.383. The van der Waals surface area contributed by atoms with Crippen molar-refractivity contribution in [3.05, 3.63) is 28.3 Å². The molecule has 0 aliphatic rings. The minimum Gasteiger partial charge on any atom is -0.385 e. The van der Waals surface area contributed by atoms with Gasteiger partial charge in [-0.25, -0.2) is 0 Å². The van der Waals surface area contributed by atoms with E-state index >= 15 is 0 Å². The van der Waals surface area contributed by atoms with Crippen LogP contribution in [0.2, 0.25) is 0 Å². The number of benzene rings is 1. The lowest BCUT2D eigenvalue weighted by atomic mass is 9.89. The minimum absolute atomic E-state index is 0.00192. The first-order valence-corrected chi connectivity index (χ1v) is 7.15. The van der Waals surface area contributed by atoms with Crippen molar-refractivity contribution in [2.75, 3.05) is 37.4 Å². The van der Waals surface area contributed by atoms with Gasteiger partial charge in [-0.3, -0.25) is 10.1 Å². The van der Waals surface area contributed by atoms with Gasteiger partial charge in [-0.05, 0) is 30.9 Å². The number of nitro benzene ring substituents is 1. The maximum atomic E-state index is 11.3. The van der Waals surface area contributed by atoms with Gasteiger partial charge in [-0.2, -0.15) is 0 Å². The van der Waals surface area contributed by atoms with Gasteiger partial charge < -0.3 is 15.4 Å². The summed E-state index contributed by atoms with van der Waals surface area (Å²) in [4.78, 5) is 11.0. The smallest absolute Gasteiger partial charge is 0.315 e. The van der Waals surface area contributed by atoms with Crippen molar-refractivity contribution in [3.8, 4) is 0 Å². The molecule has 0 aromatic heterocycles. The molecular formula is C15H25N3O3. The average molecular weight is 295 g/mol. The van der Waals surface area contributed by atoms with E-state index in [4.69, 9.17) is 4.74 Å². The Balaban J connectivity index is 2.88. The summed E-state index contributed by atoms with van der Waals surface area (Å²) in [7, 11) is 1.67. The molecule has 0 radical (unpaired) electrons. The second-order valence-electron chi connectivity index (χ2n) is 5.75. The molecule has 1 aromatic rings. The molecule has 0 atom stereocenters. The number of hydrogen-bond acceptors (Lipinski definition) is 5. The maximum absolute atomic E-state index is 11.3. The summed E-state index contributed by atoms with van der Waals surface area (Å²) in [5, 5.41) is 17.6. The Kier molecular flexibility index (Phi) is 6.42. The van der Waals surface area contributed by atoms with Crippen molar-refractivity contribution < 1.29 is 9.66 Å². The van der Waals surface area contributed by atoms with Gasteiger partial charge >= 0.3 is 5.69 Å². The van der Waals surface area contributed by atoms with Crippen LogP contribution in [0.5, 0.6) is 0 Å². The van der Waals surface area contributed by atoms with Gasteiger partial charge in [0.1, 0.15) is 11.4 Å². The van der Waals surface area contributed by atoms with Crippen LogP contribution in [0.3, 0.4) is 0 Å². The van der Waals surface area contributed by atoms with Gasteiger partial charge in [0.05, 0.1) is 4.92 Å². The van der Waals surface area contributed by atoms with Crippen LogP contribution >= 0.6 is 0 Å². The van der Waals surface area contributed by atoms with E-state index < -0.39 is 0 Å². The van der Waals surface area contributed by atoms with E-state index in [0.717, 1.165) is 6.42 Å². The largest absolute Gasteiger partial charge is 0.385 e. The number of hydrogen-bond donors (Lipinski definition) is 2. The van der Waals surface area contributed by atoms with Crippen LogP contribution < -0.4 is 10.6 Å². The van der Waals surface area contributed by atoms with Gasteiger partial charge in [-0.1, -0.05) is 19.9 Å². The van der Waals surface area contributed by atoms with Crippen molar-refractivity contribution >= 4 is 17.1 Å². The van der Waals surface area contributed by atoms with Crippen molar-refractivity contribution in [1.29, 1.82) is 0 Å². The highest BCUT2D eigenvalue weighted by atomic mass is 16.6. The first-order chi connectivity index (χ1) is 9.91. The Morgan fingerprint density at radius 2 is 1.90 bits per heavy atom. The fourth-order valence-corrected chi connectivity index (χ4v) is 2.02. The number of anilines is 2. The van der Waals surface area contributed by atoms with E-state index in [1.807, 2.05) is 13.0 Å². The lowest BCUT2D eigenvalue weighted by Crippen LogP contribution is -2.25. The number of nitro groups is 1. The minimum atomic E-state index is -0.345. The Bertz CT molecular complexity index is 475. The molecule has 21 heavy (non-hydrogen) atoms. The van der Waals surface area contributed by atoms with E-state index in [1.54, 1.807) is 19.2 Å². The number of para-hydroxylation sites is 1. The fourth-order valence-electron chi connectivity index (χ4n) is 2.02. The standard InChI is InChI=1S/C15H25N3O3/c1-5-16-12-7-6-8-13(14(12)18(19)20)17-11-15(2,3)9-10-21-4/h6-8,16-17H,5,9-11H2,1-4H3. The van der Waals surface area contributed by atoms with Crippen LogP contribution in [0.1, 0.15) is 27.2 Å². The molecule has 0 bridgehead atoms. The summed E-state index contributed by atoms with van der Waals surface area (Å²) in [5.41, 5.74) is 1.19. The molecule has 6 heteroatoms. The molecule has 0 saturated heterocycles. The monoisotopic (exact) mass is 295 g/mol. The fraction of sp³-hybridized carbons (Fsp3) is 0.600. The third kappa shape index (κ3) is 5.23. The van der Waals surface area contributed by atoms with E-state index in [9.17, 15) is 10.1 Å². The Labute approximate surface area is 126 Å². The summed E-state index contributed by atoms with van der Waals surface area (Å²) in [6.07, 6.45) is 0.886. The van der Waals surface area contributed by atoms with Crippen LogP contribution in [0.15, 0.2) is 18.2 Å². The van der Waals surface area contributed by atoms with Crippen molar-refractivity contribution in [3.63, 3.8) is 0 Å². The molecule has 0 aliphatic carbocycles. The lowest BCUT2D eigenvalue weighted by Gasteiger charge is -2.25. The third-order valence-electron chi connectivity index (χ3n) is 3.33. The number of nitrogens with one attached hydrogen (secondary N) is 2. The second-order valence-corrected chi connectivity index (χ2v) is 5.75. The van der Waals surface area contributed by atoms with Crippen LogP contribution in [-0.2, 0) is 4.74 Å². The number of ether oxygens (including phenoxy) is 1. The van der Waals surface area contributed by atoms with E-state index in [2.05, 4.69) is 24.5 Å². The van der Waals surface area contributed by atoms with Crippen LogP contribution in [0.4, 0.5) is 17.1 Å². The molecule has 2 N–H and O–H groups in total. The highest BCUT2D eigenvalue weighted by Gasteiger charge is 2.22. The van der Waals surface area contributed by atoms with Crippen molar-refractivity contribution in [1.82, 2.24) is 0 Å². The predicted molar refractivity (Wildman–Crippen MR) is 86.0 cm³/mol. The van der Waals surface area contributed by atoms with Crippen LogP contribution in [0.25, 0.3) is 0 Å². The third-order valence-corrected chi connectivity index (χ3v) is 3.33. The topological polar surface area (TPSA) is 76.4 Å². The summed E-state index contributed by atoms with van der Waals surface area (Å²) in [5.74, 6) is 0. The first-order valence-electron chi connectivity index (χ1n) is 7.15. The van der Waals surface area contributed by atoms with Gasteiger partial charge in [0.2, 0.25) is 0 Å². The summed E-state index contributed by atoms with van der Waals surface area (Å²) >= 11 is 0. The molecule has 1 aromatic carbocycles. The molecule has 0 unspecified atom stereocenters. The van der Waals surface area contributed by atoms with Crippen molar-refractivity contribution in [2.45, 2.75) is 27.2 Å². The molecule has 0 amide bonds. The van der Waals surface area contributed by atoms with Crippen LogP contribution in [-0.4, -0.2) is 31.7 Å². The first kappa shape index (κ1) is 17.2. The zero-order chi connectivity index (χ0) is 15.9. The zero-order valence-electron chi connectivity index (χ0n) is 13.2. The molecule has 0 saturated carbocycles. The van der Waals surface area contributed by atoms with E-state index in [0.29, 0.717) is 31.1 Å². The van der Waals surface area contributed by atoms with Crippen molar-refractivity contribution in [2.24, 2.45) is 5.41 Å². The summed E-state index contributed by atoms with van der Waals surface area (Å²) in [6.45, 7) is 8.10. The SMILES string of the molecule is CCNc1cccc(NCC(C)(C)CCOC)c1[N+](=O)[O-]. The van der Waals surface area contributed by atoms with Gasteiger partial charge in [-0.15, -0.1) is 0 Å². The second kappa shape index (κ2) is 7.83. The van der Waals surface area contributed by atoms with E-state index in [-0.39, 0.29) is 16.0 Å². The summed E-state index contributed by atoms with van der Waals surface area (Å²) < 4.78 is 5.10. The quantitative estimate of drug-likeness (QED) is 0.538. The molecule has 118 valence electrons. The van der Waals surface area contributed by atoms with Crippen LogP contribution in [0, 0.1) is 15.5 Å². The van der Waals surface area contributed by atoms with Gasteiger partial charge in [0.25, 0.3) is 0 Å². The highest BCUT2D eigenvalue weighted by molar-refractivity contribution is 5.76. The predicted octanol–water partition coefficient (Wildman–Crippen LogP) is 3.50. The van der Waals surface area contributed by atoms with Gasteiger partial charge in [0.15, 0.2) is 0 Å². The normalized spacial score (nSPS) is 11.2. The molecule has 1 rings (SSSR count). The average Bonchev–Trinajstić information content (AvgIpc) is 2.43. The van der Waals surface area contributed by atoms with Gasteiger partial charge in [0, 0.05) is 26.8 Å². The summed E-state index contributed by atoms with van der Waals surface area (Å²) in [6, 6.07) is 5.28. The molecular weight excluding hydrogens is 270 g/mol. The number of nitrogens with zero attached hydrogens (tertiary/aromatic N) is 1. The maximum Gasteiger partial charge on any atom is 0.315 e. The zero-order valence-corrected chi connectivity index (χ0v) is 13.2. The molecule has 0 fully saturated rings. The molecule has 0 spiro atoms. The Morgan fingerprint density at radius 1 is 1.29 bits per heavy atom. The Hall–Kier alpha value is -1.82.